The summed E-state index contributed by atoms with van der Waals surface area (Å²) in [4.78, 5) is 15.2. The summed E-state index contributed by atoms with van der Waals surface area (Å²) in [6, 6.07) is 15.4. The molecule has 3 aliphatic rings. The van der Waals surface area contributed by atoms with Crippen molar-refractivity contribution >= 4 is 5.91 Å². The number of ether oxygens (including phenoxy) is 2. The van der Waals surface area contributed by atoms with Crippen LogP contribution in [0.2, 0.25) is 0 Å². The molecule has 27 heavy (non-hydrogen) atoms. The number of fused-ring (bicyclic) bond motifs is 3. The number of methoxy groups -OCH3 is 1. The van der Waals surface area contributed by atoms with Gasteiger partial charge in [0.05, 0.1) is 7.11 Å². The highest BCUT2D eigenvalue weighted by Crippen LogP contribution is 2.32. The second kappa shape index (κ2) is 7.61. The first-order chi connectivity index (χ1) is 13.1. The van der Waals surface area contributed by atoms with Crippen molar-refractivity contribution in [3.8, 4) is 17.2 Å². The van der Waals surface area contributed by atoms with Gasteiger partial charge in [0.1, 0.15) is 17.2 Å². The van der Waals surface area contributed by atoms with E-state index >= 15 is 0 Å². The minimum atomic E-state index is -0.00315. The van der Waals surface area contributed by atoms with E-state index in [9.17, 15) is 4.79 Å². The van der Waals surface area contributed by atoms with Crippen LogP contribution >= 0.6 is 0 Å². The fourth-order valence-corrected chi connectivity index (χ4v) is 4.23. The van der Waals surface area contributed by atoms with Crippen LogP contribution in [0.4, 0.5) is 0 Å². The van der Waals surface area contributed by atoms with Crippen molar-refractivity contribution in [1.29, 1.82) is 0 Å². The molecule has 0 aromatic heterocycles. The molecular weight excluding hydrogens is 340 g/mol. The lowest BCUT2D eigenvalue weighted by atomic mass is 9.79. The van der Waals surface area contributed by atoms with Crippen molar-refractivity contribution in [3.05, 3.63) is 54.1 Å². The van der Waals surface area contributed by atoms with E-state index in [2.05, 4.69) is 17.1 Å². The molecule has 5 rings (SSSR count). The smallest absolute Gasteiger partial charge is 0.251 e. The van der Waals surface area contributed by atoms with Gasteiger partial charge in [0.15, 0.2) is 0 Å². The van der Waals surface area contributed by atoms with Gasteiger partial charge in [-0.25, -0.2) is 0 Å². The molecule has 0 saturated carbocycles. The molecular formula is C22H26N2O3. The van der Waals surface area contributed by atoms with Gasteiger partial charge in [0.2, 0.25) is 0 Å². The van der Waals surface area contributed by atoms with Gasteiger partial charge in [-0.15, -0.1) is 0 Å². The van der Waals surface area contributed by atoms with Gasteiger partial charge in [-0.05, 0) is 87.3 Å². The van der Waals surface area contributed by atoms with E-state index in [1.165, 1.54) is 12.8 Å². The summed E-state index contributed by atoms with van der Waals surface area (Å²) in [5.41, 5.74) is 0.667. The Morgan fingerprint density at radius 2 is 1.52 bits per heavy atom. The predicted octanol–water partition coefficient (Wildman–Crippen LogP) is 3.70. The van der Waals surface area contributed by atoms with E-state index in [1.807, 2.05) is 48.5 Å². The second-order valence-corrected chi connectivity index (χ2v) is 7.42. The van der Waals surface area contributed by atoms with E-state index in [-0.39, 0.29) is 11.9 Å². The average Bonchev–Trinajstić information content (AvgIpc) is 2.72. The lowest BCUT2D eigenvalue weighted by Gasteiger charge is -2.49. The van der Waals surface area contributed by atoms with Crippen molar-refractivity contribution < 1.29 is 14.3 Å². The van der Waals surface area contributed by atoms with Crippen LogP contribution in [0, 0.1) is 5.92 Å². The molecule has 3 fully saturated rings. The Bertz CT molecular complexity index is 778. The molecule has 5 nitrogen and oxygen atoms in total. The van der Waals surface area contributed by atoms with Crippen LogP contribution in [-0.4, -0.2) is 43.1 Å². The predicted molar refractivity (Wildman–Crippen MR) is 105 cm³/mol. The molecule has 3 aliphatic heterocycles. The summed E-state index contributed by atoms with van der Waals surface area (Å²) in [7, 11) is 1.64. The highest BCUT2D eigenvalue weighted by molar-refractivity contribution is 5.94. The first kappa shape index (κ1) is 17.9. The van der Waals surface area contributed by atoms with Crippen molar-refractivity contribution in [2.24, 2.45) is 5.92 Å². The zero-order valence-electron chi connectivity index (χ0n) is 15.9. The lowest BCUT2D eigenvalue weighted by molar-refractivity contribution is 0.0217. The third-order valence-electron chi connectivity index (χ3n) is 5.89. The number of rotatable bonds is 5. The third-order valence-corrected chi connectivity index (χ3v) is 5.89. The van der Waals surface area contributed by atoms with E-state index < -0.39 is 0 Å². The number of amides is 1. The Morgan fingerprint density at radius 3 is 2.07 bits per heavy atom. The lowest BCUT2D eigenvalue weighted by Crippen LogP contribution is -2.62. The van der Waals surface area contributed by atoms with Crippen LogP contribution in [0.3, 0.4) is 0 Å². The van der Waals surface area contributed by atoms with Gasteiger partial charge < -0.3 is 14.8 Å². The van der Waals surface area contributed by atoms with Crippen LogP contribution in [0.5, 0.6) is 17.2 Å². The summed E-state index contributed by atoms with van der Waals surface area (Å²) in [5, 5.41) is 3.26. The minimum absolute atomic E-state index is 0.00315. The van der Waals surface area contributed by atoms with Crippen LogP contribution < -0.4 is 14.8 Å². The fraction of sp³-hybridized carbons (Fsp3) is 0.409. The Labute approximate surface area is 160 Å². The van der Waals surface area contributed by atoms with E-state index in [0.717, 1.165) is 24.6 Å². The number of benzene rings is 2. The number of piperidine rings is 3. The van der Waals surface area contributed by atoms with Gasteiger partial charge in [-0.2, -0.15) is 0 Å². The summed E-state index contributed by atoms with van der Waals surface area (Å²) in [6.45, 7) is 4.55. The van der Waals surface area contributed by atoms with Gasteiger partial charge in [-0.1, -0.05) is 0 Å². The quantitative estimate of drug-likeness (QED) is 0.877. The number of nitrogens with zero attached hydrogens (tertiary/aromatic N) is 1. The summed E-state index contributed by atoms with van der Waals surface area (Å²) >= 11 is 0. The van der Waals surface area contributed by atoms with Gasteiger partial charge in [0.25, 0.3) is 5.91 Å². The van der Waals surface area contributed by atoms with Crippen molar-refractivity contribution in [2.75, 3.05) is 20.2 Å². The molecule has 2 bridgehead atoms. The summed E-state index contributed by atoms with van der Waals surface area (Å²) < 4.78 is 11.0. The minimum Gasteiger partial charge on any atom is -0.497 e. The van der Waals surface area contributed by atoms with Crippen LogP contribution in [0.1, 0.15) is 30.1 Å². The SMILES string of the molecule is COc1ccc(Oc2ccc(C(=O)NC3C4CCN(CC4)C3C)cc2)cc1. The maximum Gasteiger partial charge on any atom is 0.251 e. The molecule has 2 aromatic carbocycles. The van der Waals surface area contributed by atoms with Gasteiger partial charge >= 0.3 is 0 Å². The second-order valence-electron chi connectivity index (χ2n) is 7.42. The summed E-state index contributed by atoms with van der Waals surface area (Å²) in [5.74, 6) is 2.82. The topological polar surface area (TPSA) is 50.8 Å². The molecule has 5 heteroatoms. The molecule has 0 aliphatic carbocycles. The van der Waals surface area contributed by atoms with Crippen molar-refractivity contribution in [3.63, 3.8) is 0 Å². The highest BCUT2D eigenvalue weighted by Gasteiger charge is 2.40. The third kappa shape index (κ3) is 3.78. The number of carbonyl (C=O) groups is 1. The van der Waals surface area contributed by atoms with E-state index in [4.69, 9.17) is 9.47 Å². The van der Waals surface area contributed by atoms with Crippen LogP contribution in [-0.2, 0) is 0 Å². The van der Waals surface area contributed by atoms with Crippen molar-refractivity contribution in [1.82, 2.24) is 10.2 Å². The monoisotopic (exact) mass is 366 g/mol. The zero-order valence-corrected chi connectivity index (χ0v) is 15.9. The molecule has 3 saturated heterocycles. The molecule has 2 aromatic rings. The molecule has 3 heterocycles. The molecule has 142 valence electrons. The molecule has 2 atom stereocenters. The van der Waals surface area contributed by atoms with Crippen LogP contribution in [0.15, 0.2) is 48.5 Å². The summed E-state index contributed by atoms with van der Waals surface area (Å²) in [6.07, 6.45) is 2.37. The Hall–Kier alpha value is -2.53. The Kier molecular flexibility index (Phi) is 5.03. The average molecular weight is 366 g/mol. The van der Waals surface area contributed by atoms with Gasteiger partial charge in [-0.3, -0.25) is 9.69 Å². The molecule has 1 amide bonds. The molecule has 1 N–H and O–H groups in total. The fourth-order valence-electron chi connectivity index (χ4n) is 4.23. The standard InChI is InChI=1S/C22H26N2O3/c1-15-21(16-11-13-24(15)14-12-16)23-22(25)17-3-5-19(6-4-17)27-20-9-7-18(26-2)8-10-20/h3-10,15-16,21H,11-14H2,1-2H3,(H,23,25). The number of carbonyl (C=O) groups excluding carboxylic acids is 1. The van der Waals surface area contributed by atoms with E-state index in [0.29, 0.717) is 23.3 Å². The maximum atomic E-state index is 12.7. The molecule has 0 radical (unpaired) electrons. The highest BCUT2D eigenvalue weighted by atomic mass is 16.5. The molecule has 2 unspecified atom stereocenters. The first-order valence-electron chi connectivity index (χ1n) is 9.61. The largest absolute Gasteiger partial charge is 0.497 e. The van der Waals surface area contributed by atoms with Crippen molar-refractivity contribution in [2.45, 2.75) is 31.8 Å². The number of hydrogen-bond acceptors (Lipinski definition) is 4. The Balaban J connectivity index is 1.38. The van der Waals surface area contributed by atoms with E-state index in [1.54, 1.807) is 7.11 Å². The Morgan fingerprint density at radius 1 is 0.963 bits per heavy atom. The maximum absolute atomic E-state index is 12.7. The molecule has 0 spiro atoms. The number of hydrogen-bond donors (Lipinski definition) is 1. The first-order valence-corrected chi connectivity index (χ1v) is 9.61. The zero-order chi connectivity index (χ0) is 18.8. The van der Waals surface area contributed by atoms with Crippen LogP contribution in [0.25, 0.3) is 0 Å². The van der Waals surface area contributed by atoms with Gasteiger partial charge in [0, 0.05) is 17.6 Å². The normalized spacial score (nSPS) is 26.4. The number of nitrogens with one attached hydrogen (secondary N) is 1.